The first-order chi connectivity index (χ1) is 10.6. The number of carbonyl (C=O) groups excluding carboxylic acids is 1. The molecule has 0 unspecified atom stereocenters. The number of furan rings is 1. The molecule has 112 valence electrons. The Morgan fingerprint density at radius 1 is 1.36 bits per heavy atom. The first-order valence-corrected chi connectivity index (χ1v) is 7.08. The maximum atomic E-state index is 12.0. The Balaban J connectivity index is 2.13. The number of nitrogens with one attached hydrogen (secondary N) is 1. The number of fused-ring (bicyclic) bond motifs is 1. The fourth-order valence-corrected chi connectivity index (χ4v) is 2.92. The van der Waals surface area contributed by atoms with Crippen LogP contribution in [-0.2, 0) is 4.79 Å². The Morgan fingerprint density at radius 3 is 2.86 bits per heavy atom. The van der Waals surface area contributed by atoms with E-state index in [4.69, 9.17) is 9.52 Å². The number of carbonyl (C=O) groups is 2. The molecule has 1 amide bonds. The number of hydrogen-bond donors (Lipinski definition) is 3. The van der Waals surface area contributed by atoms with Crippen molar-refractivity contribution in [2.45, 2.75) is 0 Å². The van der Waals surface area contributed by atoms with E-state index in [1.807, 2.05) is 0 Å². The quantitative estimate of drug-likeness (QED) is 0.679. The highest BCUT2D eigenvalue weighted by atomic mass is 32.1. The van der Waals surface area contributed by atoms with Gasteiger partial charge in [-0.2, -0.15) is 0 Å². The van der Waals surface area contributed by atoms with E-state index >= 15 is 0 Å². The van der Waals surface area contributed by atoms with Crippen LogP contribution in [0.15, 0.2) is 34.5 Å². The summed E-state index contributed by atoms with van der Waals surface area (Å²) in [5.74, 6) is -2.20. The van der Waals surface area contributed by atoms with Gasteiger partial charge >= 0.3 is 5.97 Å². The molecule has 0 radical (unpaired) electrons. The van der Waals surface area contributed by atoms with Crippen LogP contribution in [0.5, 0.6) is 5.75 Å². The van der Waals surface area contributed by atoms with Gasteiger partial charge in [-0.3, -0.25) is 9.59 Å². The second-order valence-corrected chi connectivity index (χ2v) is 5.33. The molecule has 0 spiro atoms. The molecule has 0 aliphatic rings. The van der Waals surface area contributed by atoms with Crippen LogP contribution in [0.25, 0.3) is 21.3 Å². The number of carboxylic acid groups (broad SMARTS) is 1. The zero-order valence-electron chi connectivity index (χ0n) is 11.1. The molecule has 3 rings (SSSR count). The molecule has 0 saturated carbocycles. The Kier molecular flexibility index (Phi) is 3.51. The Labute approximate surface area is 127 Å². The van der Waals surface area contributed by atoms with Gasteiger partial charge in [0.15, 0.2) is 11.4 Å². The molecule has 0 aliphatic heterocycles. The average molecular weight is 318 g/mol. The summed E-state index contributed by atoms with van der Waals surface area (Å²) >= 11 is 1.38. The van der Waals surface area contributed by atoms with Crippen LogP contribution in [0.4, 0.5) is 0 Å². The molecule has 3 aromatic heterocycles. The standard InChI is InChI=1S/C14H10N2O5S/c17-9(18)5-15-14(20)11-12(19)8-2-4-22-13(8)10(16-11)7-1-3-21-6-7/h1-4,6,19H,5H2,(H,15,20)(H,17,18). The van der Waals surface area contributed by atoms with Gasteiger partial charge in [-0.25, -0.2) is 4.98 Å². The van der Waals surface area contributed by atoms with Gasteiger partial charge in [-0.15, -0.1) is 11.3 Å². The highest BCUT2D eigenvalue weighted by Gasteiger charge is 2.21. The summed E-state index contributed by atoms with van der Waals surface area (Å²) in [7, 11) is 0. The molecule has 0 fully saturated rings. The molecule has 22 heavy (non-hydrogen) atoms. The number of aromatic nitrogens is 1. The van der Waals surface area contributed by atoms with Crippen molar-refractivity contribution in [3.8, 4) is 17.0 Å². The van der Waals surface area contributed by atoms with Gasteiger partial charge < -0.3 is 19.9 Å². The monoisotopic (exact) mass is 318 g/mol. The molecule has 0 atom stereocenters. The van der Waals surface area contributed by atoms with Crippen molar-refractivity contribution in [2.75, 3.05) is 6.54 Å². The smallest absolute Gasteiger partial charge is 0.322 e. The van der Waals surface area contributed by atoms with Gasteiger partial charge in [0.2, 0.25) is 0 Å². The molecular formula is C14H10N2O5S. The number of pyridine rings is 1. The van der Waals surface area contributed by atoms with Crippen LogP contribution in [0.1, 0.15) is 10.5 Å². The van der Waals surface area contributed by atoms with Gasteiger partial charge in [-0.1, -0.05) is 0 Å². The van der Waals surface area contributed by atoms with E-state index in [1.54, 1.807) is 17.5 Å². The van der Waals surface area contributed by atoms with Crippen molar-refractivity contribution in [3.05, 3.63) is 35.7 Å². The Hall–Kier alpha value is -2.87. The molecule has 3 aromatic rings. The van der Waals surface area contributed by atoms with Gasteiger partial charge in [0, 0.05) is 10.9 Å². The molecular weight excluding hydrogens is 308 g/mol. The van der Waals surface area contributed by atoms with E-state index in [9.17, 15) is 14.7 Å². The first kappa shape index (κ1) is 14.1. The minimum Gasteiger partial charge on any atom is -0.505 e. The Morgan fingerprint density at radius 2 is 2.18 bits per heavy atom. The van der Waals surface area contributed by atoms with Crippen LogP contribution in [0.2, 0.25) is 0 Å². The summed E-state index contributed by atoms with van der Waals surface area (Å²) in [5, 5.41) is 23.3. The van der Waals surface area contributed by atoms with Crippen LogP contribution < -0.4 is 5.32 Å². The summed E-state index contributed by atoms with van der Waals surface area (Å²) in [5.41, 5.74) is 0.945. The van der Waals surface area contributed by atoms with E-state index in [2.05, 4.69) is 10.3 Å². The largest absolute Gasteiger partial charge is 0.505 e. The average Bonchev–Trinajstić information content (AvgIpc) is 3.16. The summed E-state index contributed by atoms with van der Waals surface area (Å²) in [6, 6.07) is 3.37. The third kappa shape index (κ3) is 2.40. The van der Waals surface area contributed by atoms with Gasteiger partial charge in [0.25, 0.3) is 5.91 Å². The molecule has 7 nitrogen and oxygen atoms in total. The predicted octanol–water partition coefficient (Wildman–Crippen LogP) is 2.08. The molecule has 8 heteroatoms. The molecule has 0 saturated heterocycles. The van der Waals surface area contributed by atoms with Crippen molar-refractivity contribution in [1.29, 1.82) is 0 Å². The minimum atomic E-state index is -1.18. The van der Waals surface area contributed by atoms with Crippen LogP contribution in [0, 0.1) is 0 Å². The lowest BCUT2D eigenvalue weighted by molar-refractivity contribution is -0.135. The van der Waals surface area contributed by atoms with E-state index in [0.29, 0.717) is 21.3 Å². The van der Waals surface area contributed by atoms with Crippen molar-refractivity contribution >= 4 is 33.3 Å². The van der Waals surface area contributed by atoms with E-state index in [1.165, 1.54) is 23.9 Å². The first-order valence-electron chi connectivity index (χ1n) is 6.20. The van der Waals surface area contributed by atoms with E-state index in [0.717, 1.165) is 0 Å². The van der Waals surface area contributed by atoms with E-state index < -0.39 is 18.4 Å². The molecule has 0 aliphatic carbocycles. The lowest BCUT2D eigenvalue weighted by Crippen LogP contribution is -2.30. The molecule has 0 aromatic carbocycles. The summed E-state index contributed by atoms with van der Waals surface area (Å²) in [6.07, 6.45) is 2.96. The summed E-state index contributed by atoms with van der Waals surface area (Å²) in [4.78, 5) is 26.8. The lowest BCUT2D eigenvalue weighted by atomic mass is 10.1. The third-order valence-corrected chi connectivity index (χ3v) is 3.91. The number of carboxylic acids is 1. The number of rotatable bonds is 4. The molecule has 3 N–H and O–H groups in total. The van der Waals surface area contributed by atoms with Crippen molar-refractivity contribution in [3.63, 3.8) is 0 Å². The van der Waals surface area contributed by atoms with Gasteiger partial charge in [-0.05, 0) is 17.5 Å². The maximum absolute atomic E-state index is 12.0. The molecule has 0 bridgehead atoms. The number of aliphatic carboxylic acids is 1. The minimum absolute atomic E-state index is 0.219. The number of amides is 1. The predicted molar refractivity (Wildman–Crippen MR) is 79.0 cm³/mol. The SMILES string of the molecule is O=C(O)CNC(=O)c1nc(-c2ccoc2)c2sccc2c1O. The Bertz CT molecular complexity index is 854. The zero-order valence-corrected chi connectivity index (χ0v) is 11.9. The summed E-state index contributed by atoms with van der Waals surface area (Å²) in [6.45, 7) is -0.553. The number of aromatic hydroxyl groups is 1. The number of thiophene rings is 1. The lowest BCUT2D eigenvalue weighted by Gasteiger charge is -2.08. The highest BCUT2D eigenvalue weighted by Crippen LogP contribution is 2.37. The van der Waals surface area contributed by atoms with Crippen molar-refractivity contribution < 1.29 is 24.2 Å². The second kappa shape index (κ2) is 5.49. The fourth-order valence-electron chi connectivity index (χ4n) is 2.01. The zero-order chi connectivity index (χ0) is 15.7. The second-order valence-electron chi connectivity index (χ2n) is 4.41. The summed E-state index contributed by atoms with van der Waals surface area (Å²) < 4.78 is 5.74. The van der Waals surface area contributed by atoms with Crippen LogP contribution in [-0.4, -0.2) is 33.6 Å². The highest BCUT2D eigenvalue weighted by molar-refractivity contribution is 7.17. The van der Waals surface area contributed by atoms with Gasteiger partial charge in [0.1, 0.15) is 6.54 Å². The normalized spacial score (nSPS) is 10.7. The number of hydrogen-bond acceptors (Lipinski definition) is 6. The van der Waals surface area contributed by atoms with Crippen molar-refractivity contribution in [1.82, 2.24) is 10.3 Å². The number of nitrogens with zero attached hydrogens (tertiary/aromatic N) is 1. The van der Waals surface area contributed by atoms with Gasteiger partial charge in [0.05, 0.1) is 22.9 Å². The van der Waals surface area contributed by atoms with E-state index in [-0.39, 0.29) is 11.4 Å². The fraction of sp³-hybridized carbons (Fsp3) is 0.0714. The maximum Gasteiger partial charge on any atom is 0.322 e. The topological polar surface area (TPSA) is 113 Å². The van der Waals surface area contributed by atoms with Crippen molar-refractivity contribution in [2.24, 2.45) is 0 Å². The third-order valence-electron chi connectivity index (χ3n) is 2.99. The van der Waals surface area contributed by atoms with Crippen LogP contribution in [0.3, 0.4) is 0 Å². The van der Waals surface area contributed by atoms with Crippen LogP contribution >= 0.6 is 11.3 Å². The molecule has 3 heterocycles.